The smallest absolute Gasteiger partial charge is 0.145 e. The SMILES string of the molecule is COc1cc(I)c(OC)c2c(OC)cc(Br)c(OC)c12. The molecule has 20 heavy (non-hydrogen) atoms. The van der Waals surface area contributed by atoms with E-state index in [2.05, 4.69) is 38.5 Å². The fourth-order valence-corrected chi connectivity index (χ4v) is 3.50. The molecule has 0 amide bonds. The van der Waals surface area contributed by atoms with Gasteiger partial charge in [-0.25, -0.2) is 0 Å². The Morgan fingerprint density at radius 2 is 1.30 bits per heavy atom. The van der Waals surface area contributed by atoms with E-state index >= 15 is 0 Å². The molecule has 0 unspecified atom stereocenters. The van der Waals surface area contributed by atoms with E-state index in [0.29, 0.717) is 17.2 Å². The highest BCUT2D eigenvalue weighted by Gasteiger charge is 2.22. The number of rotatable bonds is 4. The van der Waals surface area contributed by atoms with E-state index in [1.165, 1.54) is 0 Å². The minimum atomic E-state index is 0.687. The quantitative estimate of drug-likeness (QED) is 0.650. The molecule has 0 saturated heterocycles. The van der Waals surface area contributed by atoms with Crippen LogP contribution in [0.25, 0.3) is 10.8 Å². The van der Waals surface area contributed by atoms with Crippen LogP contribution < -0.4 is 18.9 Å². The van der Waals surface area contributed by atoms with Crippen LogP contribution in [0, 0.1) is 3.57 Å². The van der Waals surface area contributed by atoms with Gasteiger partial charge in [0.05, 0.1) is 47.3 Å². The summed E-state index contributed by atoms with van der Waals surface area (Å²) in [5.74, 6) is 2.83. The van der Waals surface area contributed by atoms with Gasteiger partial charge in [-0.1, -0.05) is 0 Å². The molecule has 2 aromatic rings. The predicted octanol–water partition coefficient (Wildman–Crippen LogP) is 4.24. The topological polar surface area (TPSA) is 36.9 Å². The summed E-state index contributed by atoms with van der Waals surface area (Å²) in [5.41, 5.74) is 0. The second-order valence-corrected chi connectivity index (χ2v) is 5.95. The van der Waals surface area contributed by atoms with E-state index < -0.39 is 0 Å². The largest absolute Gasteiger partial charge is 0.496 e. The van der Waals surface area contributed by atoms with Crippen molar-refractivity contribution in [2.75, 3.05) is 28.4 Å². The van der Waals surface area contributed by atoms with E-state index in [1.54, 1.807) is 28.4 Å². The van der Waals surface area contributed by atoms with Gasteiger partial charge in [-0.3, -0.25) is 0 Å². The summed E-state index contributed by atoms with van der Waals surface area (Å²) in [6.45, 7) is 0. The average Bonchev–Trinajstić information content (AvgIpc) is 2.45. The van der Waals surface area contributed by atoms with E-state index in [0.717, 1.165) is 24.6 Å². The van der Waals surface area contributed by atoms with Gasteiger partial charge in [-0.2, -0.15) is 0 Å². The average molecular weight is 453 g/mol. The normalized spacial score (nSPS) is 10.5. The van der Waals surface area contributed by atoms with Crippen LogP contribution in [0.3, 0.4) is 0 Å². The first-order chi connectivity index (χ1) is 9.58. The Hall–Kier alpha value is -0.890. The maximum absolute atomic E-state index is 5.53. The Bertz CT molecular complexity index is 600. The Kier molecular flexibility index (Phi) is 4.85. The minimum absolute atomic E-state index is 0.687. The highest BCUT2D eigenvalue weighted by Crippen LogP contribution is 2.49. The summed E-state index contributed by atoms with van der Waals surface area (Å²) >= 11 is 5.70. The number of ether oxygens (including phenoxy) is 4. The summed E-state index contributed by atoms with van der Waals surface area (Å²) in [5, 5.41) is 1.65. The van der Waals surface area contributed by atoms with Crippen LogP contribution in [-0.4, -0.2) is 28.4 Å². The Labute approximate surface area is 139 Å². The highest BCUT2D eigenvalue weighted by molar-refractivity contribution is 14.1. The molecule has 6 heteroatoms. The lowest BCUT2D eigenvalue weighted by molar-refractivity contribution is 0.389. The second kappa shape index (κ2) is 6.26. The van der Waals surface area contributed by atoms with Gasteiger partial charge in [-0.15, -0.1) is 0 Å². The van der Waals surface area contributed by atoms with Crippen LogP contribution in [0.15, 0.2) is 16.6 Å². The molecule has 2 aromatic carbocycles. The number of hydrogen-bond acceptors (Lipinski definition) is 4. The minimum Gasteiger partial charge on any atom is -0.496 e. The van der Waals surface area contributed by atoms with Crippen LogP contribution >= 0.6 is 38.5 Å². The Morgan fingerprint density at radius 1 is 0.800 bits per heavy atom. The molecule has 0 aromatic heterocycles. The van der Waals surface area contributed by atoms with Crippen molar-refractivity contribution < 1.29 is 18.9 Å². The third-order valence-corrected chi connectivity index (χ3v) is 4.38. The standard InChI is InChI=1S/C14H14BrIO4/c1-17-9-5-7(15)13(19-3)11-10(18-2)6-8(16)14(20-4)12(9)11/h5-6H,1-4H3. The summed E-state index contributed by atoms with van der Waals surface area (Å²) < 4.78 is 23.7. The van der Waals surface area contributed by atoms with Crippen molar-refractivity contribution in [1.82, 2.24) is 0 Å². The summed E-state index contributed by atoms with van der Waals surface area (Å²) in [6.07, 6.45) is 0. The maximum atomic E-state index is 5.53. The van der Waals surface area contributed by atoms with Gasteiger partial charge in [0.2, 0.25) is 0 Å². The van der Waals surface area contributed by atoms with Crippen molar-refractivity contribution in [2.45, 2.75) is 0 Å². The molecule has 0 spiro atoms. The van der Waals surface area contributed by atoms with Crippen LogP contribution in [0.1, 0.15) is 0 Å². The molecular weight excluding hydrogens is 439 g/mol. The molecule has 0 radical (unpaired) electrons. The third-order valence-electron chi connectivity index (χ3n) is 2.99. The summed E-state index contributed by atoms with van der Waals surface area (Å²) in [4.78, 5) is 0. The summed E-state index contributed by atoms with van der Waals surface area (Å²) in [7, 11) is 6.51. The monoisotopic (exact) mass is 452 g/mol. The van der Waals surface area contributed by atoms with Crippen molar-refractivity contribution in [1.29, 1.82) is 0 Å². The molecule has 0 atom stereocenters. The van der Waals surface area contributed by atoms with Gasteiger partial charge in [-0.05, 0) is 50.7 Å². The molecule has 108 valence electrons. The van der Waals surface area contributed by atoms with Crippen molar-refractivity contribution in [2.24, 2.45) is 0 Å². The predicted molar refractivity (Wildman–Crippen MR) is 90.6 cm³/mol. The van der Waals surface area contributed by atoms with Crippen LogP contribution in [-0.2, 0) is 0 Å². The van der Waals surface area contributed by atoms with Gasteiger partial charge in [0, 0.05) is 0 Å². The van der Waals surface area contributed by atoms with Crippen LogP contribution in [0.2, 0.25) is 0 Å². The zero-order valence-corrected chi connectivity index (χ0v) is 15.3. The zero-order valence-electron chi connectivity index (χ0n) is 11.5. The molecular formula is C14H14BrIO4. The molecule has 4 nitrogen and oxygen atoms in total. The lowest BCUT2D eigenvalue weighted by Gasteiger charge is -2.18. The van der Waals surface area contributed by atoms with Crippen molar-refractivity contribution in [3.8, 4) is 23.0 Å². The van der Waals surface area contributed by atoms with Gasteiger partial charge in [0.1, 0.15) is 23.0 Å². The first-order valence-corrected chi connectivity index (χ1v) is 7.60. The van der Waals surface area contributed by atoms with Crippen LogP contribution in [0.4, 0.5) is 0 Å². The molecule has 0 aliphatic heterocycles. The maximum Gasteiger partial charge on any atom is 0.145 e. The van der Waals surface area contributed by atoms with E-state index in [1.807, 2.05) is 12.1 Å². The molecule has 0 aliphatic rings. The molecule has 0 bridgehead atoms. The molecule has 0 heterocycles. The molecule has 0 fully saturated rings. The van der Waals surface area contributed by atoms with Gasteiger partial charge >= 0.3 is 0 Å². The molecule has 0 N–H and O–H groups in total. The summed E-state index contributed by atoms with van der Waals surface area (Å²) in [6, 6.07) is 3.77. The number of hydrogen-bond donors (Lipinski definition) is 0. The van der Waals surface area contributed by atoms with Crippen LogP contribution in [0.5, 0.6) is 23.0 Å². The van der Waals surface area contributed by atoms with Crippen molar-refractivity contribution in [3.05, 3.63) is 20.2 Å². The lowest BCUT2D eigenvalue weighted by atomic mass is 10.1. The first-order valence-electron chi connectivity index (χ1n) is 5.73. The van der Waals surface area contributed by atoms with Gasteiger partial charge < -0.3 is 18.9 Å². The van der Waals surface area contributed by atoms with E-state index in [4.69, 9.17) is 18.9 Å². The zero-order chi connectivity index (χ0) is 14.9. The lowest BCUT2D eigenvalue weighted by Crippen LogP contribution is -1.98. The highest BCUT2D eigenvalue weighted by atomic mass is 127. The van der Waals surface area contributed by atoms with E-state index in [-0.39, 0.29) is 0 Å². The Balaban J connectivity index is 3.07. The van der Waals surface area contributed by atoms with Gasteiger partial charge in [0.15, 0.2) is 0 Å². The van der Waals surface area contributed by atoms with E-state index in [9.17, 15) is 0 Å². The number of methoxy groups -OCH3 is 4. The van der Waals surface area contributed by atoms with Crippen molar-refractivity contribution in [3.63, 3.8) is 0 Å². The van der Waals surface area contributed by atoms with Gasteiger partial charge in [0.25, 0.3) is 0 Å². The fraction of sp³-hybridized carbons (Fsp3) is 0.286. The number of benzene rings is 2. The Morgan fingerprint density at radius 3 is 1.80 bits per heavy atom. The fourth-order valence-electron chi connectivity index (χ4n) is 2.16. The van der Waals surface area contributed by atoms with Crippen molar-refractivity contribution >= 4 is 49.3 Å². The molecule has 0 saturated carbocycles. The molecule has 0 aliphatic carbocycles. The first kappa shape index (κ1) is 15.5. The second-order valence-electron chi connectivity index (χ2n) is 3.94. The third kappa shape index (κ3) is 2.39. The number of fused-ring (bicyclic) bond motifs is 1. The molecule has 2 rings (SSSR count). The number of halogens is 2.